The molecule has 1 fully saturated rings. The Labute approximate surface area is 112 Å². The number of hydrogen-bond donors (Lipinski definition) is 1. The molecule has 0 bridgehead atoms. The van der Waals surface area contributed by atoms with Crippen molar-refractivity contribution >= 4 is 12.3 Å². The molecule has 0 amide bonds. The zero-order chi connectivity index (χ0) is 13.8. The Morgan fingerprint density at radius 1 is 1.47 bits per heavy atom. The molecule has 0 aromatic heterocycles. The summed E-state index contributed by atoms with van der Waals surface area (Å²) in [6.07, 6.45) is 6.91. The molecule has 0 spiro atoms. The standard InChI is InChI=1S/C15H18O4/c1-10-13-6-5-11(8-16)3-2-4-12(9-17)7-14(13)19-15(10)18/h3,7-8,13-14,17H,1-2,4-6,9H2. The molecule has 0 aromatic rings. The van der Waals surface area contributed by atoms with Crippen LogP contribution >= 0.6 is 0 Å². The quantitative estimate of drug-likeness (QED) is 0.356. The Balaban J connectivity index is 2.27. The maximum atomic E-state index is 11.6. The van der Waals surface area contributed by atoms with Gasteiger partial charge in [-0.05, 0) is 42.9 Å². The summed E-state index contributed by atoms with van der Waals surface area (Å²) in [5.41, 5.74) is 2.04. The molecule has 1 aliphatic carbocycles. The average molecular weight is 262 g/mol. The number of aliphatic hydroxyl groups excluding tert-OH is 1. The lowest BCUT2D eigenvalue weighted by Gasteiger charge is -2.17. The second kappa shape index (κ2) is 5.97. The summed E-state index contributed by atoms with van der Waals surface area (Å²) in [4.78, 5) is 22.5. The van der Waals surface area contributed by atoms with Crippen LogP contribution in [0.4, 0.5) is 0 Å². The second-order valence-electron chi connectivity index (χ2n) is 4.96. The minimum Gasteiger partial charge on any atom is -0.454 e. The van der Waals surface area contributed by atoms with Crippen LogP contribution in [0.3, 0.4) is 0 Å². The first-order valence-corrected chi connectivity index (χ1v) is 6.50. The van der Waals surface area contributed by atoms with Gasteiger partial charge in [-0.3, -0.25) is 4.79 Å². The highest BCUT2D eigenvalue weighted by Gasteiger charge is 2.37. The summed E-state index contributed by atoms with van der Waals surface area (Å²) in [5, 5.41) is 9.32. The van der Waals surface area contributed by atoms with Crippen LogP contribution in [-0.4, -0.2) is 30.1 Å². The molecule has 0 saturated carbocycles. The number of esters is 1. The topological polar surface area (TPSA) is 63.6 Å². The first-order valence-electron chi connectivity index (χ1n) is 6.50. The van der Waals surface area contributed by atoms with Crippen LogP contribution in [0.2, 0.25) is 0 Å². The van der Waals surface area contributed by atoms with Gasteiger partial charge in [-0.2, -0.15) is 0 Å². The van der Waals surface area contributed by atoms with Crippen molar-refractivity contribution in [2.45, 2.75) is 31.8 Å². The molecule has 2 aliphatic rings. The summed E-state index contributed by atoms with van der Waals surface area (Å²) >= 11 is 0. The SMILES string of the molecule is C=C1C(=O)OC2C=C(CO)CCC=C(C=O)CCC12. The minimum absolute atomic E-state index is 0.0580. The van der Waals surface area contributed by atoms with Gasteiger partial charge in [0.25, 0.3) is 0 Å². The summed E-state index contributed by atoms with van der Waals surface area (Å²) in [6.45, 7) is 3.72. The van der Waals surface area contributed by atoms with Crippen molar-refractivity contribution in [3.8, 4) is 0 Å². The Morgan fingerprint density at radius 3 is 2.95 bits per heavy atom. The van der Waals surface area contributed by atoms with E-state index in [9.17, 15) is 14.7 Å². The number of fused-ring (bicyclic) bond motifs is 1. The molecule has 4 nitrogen and oxygen atoms in total. The number of hydrogen-bond acceptors (Lipinski definition) is 4. The number of ether oxygens (including phenoxy) is 1. The summed E-state index contributed by atoms with van der Waals surface area (Å²) in [6, 6.07) is 0. The molecule has 2 atom stereocenters. The van der Waals surface area contributed by atoms with Gasteiger partial charge in [0.1, 0.15) is 12.4 Å². The number of carbonyl (C=O) groups excluding carboxylic acids is 2. The lowest BCUT2D eigenvalue weighted by atomic mass is 9.88. The lowest BCUT2D eigenvalue weighted by molar-refractivity contribution is -0.137. The zero-order valence-electron chi connectivity index (χ0n) is 10.8. The van der Waals surface area contributed by atoms with Crippen molar-refractivity contribution in [1.29, 1.82) is 0 Å². The predicted octanol–water partition coefficient (Wildman–Crippen LogP) is 1.70. The summed E-state index contributed by atoms with van der Waals surface area (Å²) in [7, 11) is 0. The molecule has 4 heteroatoms. The van der Waals surface area contributed by atoms with E-state index in [0.717, 1.165) is 17.4 Å². The lowest BCUT2D eigenvalue weighted by Crippen LogP contribution is -2.16. The van der Waals surface area contributed by atoms with Gasteiger partial charge in [0, 0.05) is 11.5 Å². The van der Waals surface area contributed by atoms with Crippen molar-refractivity contribution < 1.29 is 19.4 Å². The van der Waals surface area contributed by atoms with E-state index < -0.39 is 0 Å². The highest BCUT2D eigenvalue weighted by Crippen LogP contribution is 2.33. The highest BCUT2D eigenvalue weighted by molar-refractivity contribution is 5.91. The Morgan fingerprint density at radius 2 is 2.26 bits per heavy atom. The van der Waals surface area contributed by atoms with Gasteiger partial charge < -0.3 is 9.84 Å². The van der Waals surface area contributed by atoms with E-state index >= 15 is 0 Å². The highest BCUT2D eigenvalue weighted by atomic mass is 16.5. The smallest absolute Gasteiger partial charge is 0.334 e. The predicted molar refractivity (Wildman–Crippen MR) is 70.3 cm³/mol. The van der Waals surface area contributed by atoms with Gasteiger partial charge in [0.2, 0.25) is 0 Å². The van der Waals surface area contributed by atoms with Crippen LogP contribution < -0.4 is 0 Å². The van der Waals surface area contributed by atoms with Crippen LogP contribution in [0, 0.1) is 5.92 Å². The van der Waals surface area contributed by atoms with Crippen LogP contribution in [0.5, 0.6) is 0 Å². The number of carbonyl (C=O) groups is 2. The van der Waals surface area contributed by atoms with Gasteiger partial charge in [-0.15, -0.1) is 0 Å². The summed E-state index contributed by atoms with van der Waals surface area (Å²) in [5.74, 6) is -0.477. The fraction of sp³-hybridized carbons (Fsp3) is 0.467. The number of aliphatic hydroxyl groups is 1. The number of allylic oxidation sites excluding steroid dienone is 2. The van der Waals surface area contributed by atoms with Crippen LogP contribution in [-0.2, 0) is 14.3 Å². The molecule has 1 aliphatic heterocycles. The van der Waals surface area contributed by atoms with Gasteiger partial charge in [0.15, 0.2) is 0 Å². The fourth-order valence-electron chi connectivity index (χ4n) is 2.54. The number of aldehydes is 1. The van der Waals surface area contributed by atoms with E-state index in [2.05, 4.69) is 6.58 Å². The zero-order valence-corrected chi connectivity index (χ0v) is 10.8. The molecular formula is C15H18O4. The van der Waals surface area contributed by atoms with Crippen molar-refractivity contribution in [2.75, 3.05) is 6.61 Å². The van der Waals surface area contributed by atoms with Gasteiger partial charge in [-0.1, -0.05) is 12.7 Å². The Kier molecular flexibility index (Phi) is 4.32. The van der Waals surface area contributed by atoms with Crippen molar-refractivity contribution in [3.63, 3.8) is 0 Å². The van der Waals surface area contributed by atoms with E-state index in [4.69, 9.17) is 4.74 Å². The molecule has 0 aromatic carbocycles. The maximum Gasteiger partial charge on any atom is 0.334 e. The normalized spacial score (nSPS) is 28.1. The molecule has 1 N–H and O–H groups in total. The van der Waals surface area contributed by atoms with E-state index in [1.165, 1.54) is 0 Å². The Bertz CT molecular complexity index is 459. The Hall–Kier alpha value is -1.68. The molecular weight excluding hydrogens is 244 g/mol. The third-order valence-electron chi connectivity index (χ3n) is 3.72. The second-order valence-corrected chi connectivity index (χ2v) is 4.96. The van der Waals surface area contributed by atoms with Crippen molar-refractivity contribution in [1.82, 2.24) is 0 Å². The van der Waals surface area contributed by atoms with Gasteiger partial charge in [0.05, 0.1) is 6.61 Å². The molecule has 2 rings (SSSR count). The molecule has 102 valence electrons. The fourth-order valence-corrected chi connectivity index (χ4v) is 2.54. The van der Waals surface area contributed by atoms with E-state index in [1.54, 1.807) is 0 Å². The molecule has 2 unspecified atom stereocenters. The van der Waals surface area contributed by atoms with Crippen LogP contribution in [0.25, 0.3) is 0 Å². The first-order chi connectivity index (χ1) is 9.15. The monoisotopic (exact) mass is 262 g/mol. The van der Waals surface area contributed by atoms with Crippen LogP contribution in [0.1, 0.15) is 25.7 Å². The molecule has 0 radical (unpaired) electrons. The largest absolute Gasteiger partial charge is 0.454 e. The average Bonchev–Trinajstić information content (AvgIpc) is 2.68. The van der Waals surface area contributed by atoms with Gasteiger partial charge >= 0.3 is 5.97 Å². The van der Waals surface area contributed by atoms with E-state index in [1.807, 2.05) is 12.2 Å². The number of rotatable bonds is 2. The molecule has 19 heavy (non-hydrogen) atoms. The first kappa shape index (κ1) is 13.7. The third kappa shape index (κ3) is 3.01. The van der Waals surface area contributed by atoms with Crippen molar-refractivity contribution in [2.24, 2.45) is 5.92 Å². The summed E-state index contributed by atoms with van der Waals surface area (Å²) < 4.78 is 5.28. The van der Waals surface area contributed by atoms with Crippen molar-refractivity contribution in [3.05, 3.63) is 35.5 Å². The van der Waals surface area contributed by atoms with E-state index in [0.29, 0.717) is 31.3 Å². The van der Waals surface area contributed by atoms with Crippen LogP contribution in [0.15, 0.2) is 35.5 Å². The molecule has 1 saturated heterocycles. The molecule has 1 heterocycles. The minimum atomic E-state index is -0.376. The maximum absolute atomic E-state index is 11.6. The van der Waals surface area contributed by atoms with E-state index in [-0.39, 0.29) is 24.6 Å². The third-order valence-corrected chi connectivity index (χ3v) is 3.72. The van der Waals surface area contributed by atoms with Gasteiger partial charge in [-0.25, -0.2) is 4.79 Å².